The number of anilines is 1. The first-order valence-electron chi connectivity index (χ1n) is 11.0. The van der Waals surface area contributed by atoms with Crippen molar-refractivity contribution in [3.05, 3.63) is 90.3 Å². The highest BCUT2D eigenvalue weighted by Crippen LogP contribution is 2.47. The highest BCUT2D eigenvalue weighted by atomic mass is 16.5. The molecule has 2 aliphatic rings. The predicted octanol–water partition coefficient (Wildman–Crippen LogP) is 3.68. The van der Waals surface area contributed by atoms with E-state index in [1.165, 1.54) is 0 Å². The molecule has 3 heterocycles. The maximum atomic E-state index is 13.7. The van der Waals surface area contributed by atoms with E-state index < -0.39 is 5.41 Å². The zero-order valence-electron chi connectivity index (χ0n) is 17.8. The number of rotatable bonds is 6. The third-order valence-corrected chi connectivity index (χ3v) is 6.39. The normalized spacial score (nSPS) is 19.4. The second-order valence-electron chi connectivity index (χ2n) is 8.28. The van der Waals surface area contributed by atoms with Gasteiger partial charge in [0.15, 0.2) is 0 Å². The second-order valence-corrected chi connectivity index (χ2v) is 8.28. The molecule has 6 heteroatoms. The number of aromatic nitrogens is 1. The Morgan fingerprint density at radius 1 is 1.00 bits per heavy atom. The average molecular weight is 428 g/mol. The average Bonchev–Trinajstić information content (AvgIpc) is 3.39. The smallest absolute Gasteiger partial charge is 0.254 e. The minimum Gasteiger partial charge on any atom is -0.494 e. The van der Waals surface area contributed by atoms with Gasteiger partial charge in [0.25, 0.3) is 5.91 Å². The number of hydrogen-bond donors (Lipinski definition) is 0. The van der Waals surface area contributed by atoms with E-state index in [-0.39, 0.29) is 11.8 Å². The lowest BCUT2D eigenvalue weighted by Crippen LogP contribution is -2.43. The molecule has 0 saturated carbocycles. The monoisotopic (exact) mass is 427 g/mol. The van der Waals surface area contributed by atoms with Crippen LogP contribution in [0.5, 0.6) is 5.75 Å². The molecule has 1 unspecified atom stereocenters. The lowest BCUT2D eigenvalue weighted by atomic mass is 9.81. The Bertz CT molecular complexity index is 1120. The molecular formula is C26H25N3O3. The van der Waals surface area contributed by atoms with Gasteiger partial charge in [-0.05, 0) is 48.7 Å². The van der Waals surface area contributed by atoms with Crippen molar-refractivity contribution >= 4 is 17.5 Å². The number of ether oxygens (including phenoxy) is 1. The van der Waals surface area contributed by atoms with E-state index in [0.29, 0.717) is 38.2 Å². The van der Waals surface area contributed by atoms with Gasteiger partial charge in [0, 0.05) is 43.3 Å². The number of benzene rings is 2. The van der Waals surface area contributed by atoms with Crippen molar-refractivity contribution in [1.82, 2.24) is 9.88 Å². The number of nitrogens with zero attached hydrogens (tertiary/aromatic N) is 3. The molecule has 1 aromatic heterocycles. The van der Waals surface area contributed by atoms with E-state index in [2.05, 4.69) is 4.98 Å². The van der Waals surface area contributed by atoms with E-state index >= 15 is 0 Å². The van der Waals surface area contributed by atoms with Gasteiger partial charge in [0.2, 0.25) is 5.91 Å². The molecule has 0 radical (unpaired) electrons. The predicted molar refractivity (Wildman–Crippen MR) is 122 cm³/mol. The molecule has 1 fully saturated rings. The molecule has 1 saturated heterocycles. The number of pyridine rings is 1. The third-order valence-electron chi connectivity index (χ3n) is 6.39. The summed E-state index contributed by atoms with van der Waals surface area (Å²) >= 11 is 0. The molecule has 1 spiro atoms. The number of hydrogen-bond acceptors (Lipinski definition) is 4. The van der Waals surface area contributed by atoms with E-state index in [1.807, 2.05) is 59.5 Å². The Morgan fingerprint density at radius 2 is 1.75 bits per heavy atom. The molecule has 6 nitrogen and oxygen atoms in total. The van der Waals surface area contributed by atoms with Gasteiger partial charge in [-0.1, -0.05) is 36.4 Å². The van der Waals surface area contributed by atoms with Crippen LogP contribution in [-0.4, -0.2) is 47.9 Å². The van der Waals surface area contributed by atoms with Crippen molar-refractivity contribution in [3.63, 3.8) is 0 Å². The maximum Gasteiger partial charge on any atom is 0.254 e. The van der Waals surface area contributed by atoms with Crippen LogP contribution in [0.1, 0.15) is 28.8 Å². The van der Waals surface area contributed by atoms with Crippen molar-refractivity contribution in [3.8, 4) is 5.75 Å². The summed E-state index contributed by atoms with van der Waals surface area (Å²) in [5, 5.41) is 0. The summed E-state index contributed by atoms with van der Waals surface area (Å²) in [7, 11) is 0. The first kappa shape index (κ1) is 20.2. The van der Waals surface area contributed by atoms with Gasteiger partial charge < -0.3 is 14.5 Å². The first-order valence-corrected chi connectivity index (χ1v) is 11.0. The summed E-state index contributed by atoms with van der Waals surface area (Å²) in [4.78, 5) is 34.3. The Labute approximate surface area is 187 Å². The molecule has 5 rings (SSSR count). The van der Waals surface area contributed by atoms with E-state index in [1.54, 1.807) is 29.4 Å². The number of amides is 2. The van der Waals surface area contributed by atoms with Crippen LogP contribution in [0, 0.1) is 0 Å². The quantitative estimate of drug-likeness (QED) is 0.563. The van der Waals surface area contributed by atoms with Crippen molar-refractivity contribution in [1.29, 1.82) is 0 Å². The summed E-state index contributed by atoms with van der Waals surface area (Å²) in [6.07, 6.45) is 4.60. The summed E-state index contributed by atoms with van der Waals surface area (Å²) in [6, 6.07) is 21.1. The molecule has 0 aliphatic carbocycles. The van der Waals surface area contributed by atoms with Crippen molar-refractivity contribution in [2.45, 2.75) is 18.3 Å². The Kier molecular flexibility index (Phi) is 5.35. The van der Waals surface area contributed by atoms with Gasteiger partial charge >= 0.3 is 0 Å². The topological polar surface area (TPSA) is 62.7 Å². The maximum absolute atomic E-state index is 13.7. The number of fused-ring (bicyclic) bond motifs is 2. The zero-order valence-corrected chi connectivity index (χ0v) is 17.8. The molecule has 2 aromatic carbocycles. The summed E-state index contributed by atoms with van der Waals surface area (Å²) in [5.74, 6) is 0.867. The van der Waals surface area contributed by atoms with Crippen LogP contribution in [0.25, 0.3) is 0 Å². The van der Waals surface area contributed by atoms with Crippen LogP contribution >= 0.6 is 0 Å². The van der Waals surface area contributed by atoms with E-state index in [9.17, 15) is 9.59 Å². The molecule has 3 aromatic rings. The van der Waals surface area contributed by atoms with Gasteiger partial charge in [-0.15, -0.1) is 0 Å². The number of likely N-dealkylation sites (tertiary alicyclic amines) is 1. The standard InChI is InChI=1S/C26H25N3O3/c30-24(20-11-14-27-15-12-20)28-17-13-26(19-28)22-9-4-5-10-23(22)29(25(26)31)16-6-18-32-21-7-2-1-3-8-21/h1-5,7-12,14-15H,6,13,16-19H2. The van der Waals surface area contributed by atoms with Crippen LogP contribution in [0.4, 0.5) is 5.69 Å². The highest BCUT2D eigenvalue weighted by Gasteiger charge is 2.54. The summed E-state index contributed by atoms with van der Waals surface area (Å²) < 4.78 is 5.81. The molecule has 1 atom stereocenters. The number of carbonyl (C=O) groups excluding carboxylic acids is 2. The minimum absolute atomic E-state index is 0.0516. The Hall–Kier alpha value is -3.67. The van der Waals surface area contributed by atoms with Gasteiger partial charge in [-0.25, -0.2) is 0 Å². The second kappa shape index (κ2) is 8.46. The largest absolute Gasteiger partial charge is 0.494 e. The van der Waals surface area contributed by atoms with Gasteiger partial charge in [0.1, 0.15) is 5.75 Å². The van der Waals surface area contributed by atoms with Gasteiger partial charge in [0.05, 0.1) is 12.0 Å². The van der Waals surface area contributed by atoms with Gasteiger partial charge in [-0.3, -0.25) is 14.6 Å². The molecule has 0 N–H and O–H groups in total. The van der Waals surface area contributed by atoms with Crippen molar-refractivity contribution < 1.29 is 14.3 Å². The SMILES string of the molecule is O=C(c1ccncc1)N1CCC2(C1)C(=O)N(CCCOc1ccccc1)c1ccccc12. The fourth-order valence-electron chi connectivity index (χ4n) is 4.80. The third kappa shape index (κ3) is 3.51. The number of para-hydroxylation sites is 2. The molecule has 32 heavy (non-hydrogen) atoms. The first-order chi connectivity index (χ1) is 15.7. The van der Waals surface area contributed by atoms with Crippen molar-refractivity contribution in [2.24, 2.45) is 0 Å². The van der Waals surface area contributed by atoms with Crippen LogP contribution < -0.4 is 9.64 Å². The van der Waals surface area contributed by atoms with E-state index in [4.69, 9.17) is 4.74 Å². The molecule has 2 amide bonds. The molecular weight excluding hydrogens is 402 g/mol. The van der Waals surface area contributed by atoms with Crippen LogP contribution in [0.3, 0.4) is 0 Å². The Morgan fingerprint density at radius 3 is 2.56 bits per heavy atom. The molecule has 0 bridgehead atoms. The van der Waals surface area contributed by atoms with Crippen LogP contribution in [0.15, 0.2) is 79.1 Å². The van der Waals surface area contributed by atoms with Gasteiger partial charge in [-0.2, -0.15) is 0 Å². The lowest BCUT2D eigenvalue weighted by Gasteiger charge is -2.24. The highest BCUT2D eigenvalue weighted by molar-refractivity contribution is 6.09. The Balaban J connectivity index is 1.31. The zero-order chi connectivity index (χ0) is 22.0. The number of carbonyl (C=O) groups is 2. The minimum atomic E-state index is -0.667. The molecule has 162 valence electrons. The summed E-state index contributed by atoms with van der Waals surface area (Å²) in [6.45, 7) is 2.09. The van der Waals surface area contributed by atoms with E-state index in [0.717, 1.165) is 23.4 Å². The molecule has 2 aliphatic heterocycles. The van der Waals surface area contributed by atoms with Crippen LogP contribution in [0.2, 0.25) is 0 Å². The van der Waals surface area contributed by atoms with Crippen molar-refractivity contribution in [2.75, 3.05) is 31.1 Å². The summed E-state index contributed by atoms with van der Waals surface area (Å²) in [5.41, 5.74) is 1.92. The fourth-order valence-corrected chi connectivity index (χ4v) is 4.80. The fraction of sp³-hybridized carbons (Fsp3) is 0.269. The van der Waals surface area contributed by atoms with Crippen LogP contribution in [-0.2, 0) is 10.2 Å². The lowest BCUT2D eigenvalue weighted by molar-refractivity contribution is -0.122.